The number of furan rings is 1. The summed E-state index contributed by atoms with van der Waals surface area (Å²) in [7, 11) is 1.84. The van der Waals surface area contributed by atoms with Crippen molar-refractivity contribution in [1.29, 1.82) is 0 Å². The fourth-order valence-electron chi connectivity index (χ4n) is 2.80. The van der Waals surface area contributed by atoms with Crippen LogP contribution in [-0.2, 0) is 11.8 Å². The smallest absolute Gasteiger partial charge is 0.248 e. The lowest BCUT2D eigenvalue weighted by Gasteiger charge is -2.02. The number of carbonyl (C=O) groups is 1. The maximum absolute atomic E-state index is 12.1. The number of benzene rings is 1. The number of hydrogen-bond acceptors (Lipinski definition) is 4. The number of para-hydroxylation sites is 1. The summed E-state index contributed by atoms with van der Waals surface area (Å²) in [5, 5.41) is 9.05. The van der Waals surface area contributed by atoms with Gasteiger partial charge in [0.05, 0.1) is 17.6 Å². The number of rotatable bonds is 3. The number of carbonyl (C=O) groups excluding carboxylic acids is 1. The SMILES string of the molecule is Cc1nn(C)c2ncc(NC(=O)/C=C/c3cc4ccccc4o3)cc12. The van der Waals surface area contributed by atoms with E-state index in [0.717, 1.165) is 27.7 Å². The van der Waals surface area contributed by atoms with Gasteiger partial charge in [0.1, 0.15) is 11.3 Å². The van der Waals surface area contributed by atoms with Crippen molar-refractivity contribution in [3.63, 3.8) is 0 Å². The van der Waals surface area contributed by atoms with Crippen molar-refractivity contribution in [3.8, 4) is 0 Å². The zero-order valence-electron chi connectivity index (χ0n) is 13.9. The van der Waals surface area contributed by atoms with Gasteiger partial charge in [-0.15, -0.1) is 0 Å². The van der Waals surface area contributed by atoms with Crippen molar-refractivity contribution in [2.75, 3.05) is 5.32 Å². The molecule has 1 amide bonds. The Morgan fingerprint density at radius 1 is 1.28 bits per heavy atom. The normalized spacial score (nSPS) is 11.6. The zero-order chi connectivity index (χ0) is 17.4. The predicted molar refractivity (Wildman–Crippen MR) is 97.1 cm³/mol. The summed E-state index contributed by atoms with van der Waals surface area (Å²) in [5.41, 5.74) is 3.08. The molecule has 6 nitrogen and oxygen atoms in total. The number of aromatic nitrogens is 3. The molecule has 6 heteroatoms. The lowest BCUT2D eigenvalue weighted by Crippen LogP contribution is -2.08. The van der Waals surface area contributed by atoms with E-state index >= 15 is 0 Å². The third-order valence-corrected chi connectivity index (χ3v) is 3.97. The topological polar surface area (TPSA) is 73.0 Å². The molecule has 1 aromatic carbocycles. The number of nitrogens with zero attached hydrogens (tertiary/aromatic N) is 3. The van der Waals surface area contributed by atoms with Gasteiger partial charge in [0.15, 0.2) is 5.65 Å². The Kier molecular flexibility index (Phi) is 3.57. The van der Waals surface area contributed by atoms with Gasteiger partial charge in [0, 0.05) is 23.9 Å². The molecule has 0 aliphatic heterocycles. The first-order valence-electron chi connectivity index (χ1n) is 7.87. The van der Waals surface area contributed by atoms with E-state index < -0.39 is 0 Å². The van der Waals surface area contributed by atoms with Crippen LogP contribution in [0.2, 0.25) is 0 Å². The second-order valence-corrected chi connectivity index (χ2v) is 5.81. The van der Waals surface area contributed by atoms with Crippen molar-refractivity contribution < 1.29 is 9.21 Å². The Bertz CT molecular complexity index is 1090. The highest BCUT2D eigenvalue weighted by molar-refractivity contribution is 6.02. The van der Waals surface area contributed by atoms with Gasteiger partial charge in [-0.25, -0.2) is 4.98 Å². The van der Waals surface area contributed by atoms with Gasteiger partial charge in [-0.3, -0.25) is 9.48 Å². The highest BCUT2D eigenvalue weighted by atomic mass is 16.3. The van der Waals surface area contributed by atoms with E-state index in [0.29, 0.717) is 11.4 Å². The van der Waals surface area contributed by atoms with Crippen LogP contribution in [0.15, 0.2) is 53.1 Å². The second-order valence-electron chi connectivity index (χ2n) is 5.81. The lowest BCUT2D eigenvalue weighted by molar-refractivity contribution is -0.111. The molecule has 0 saturated carbocycles. The first kappa shape index (κ1) is 15.1. The largest absolute Gasteiger partial charge is 0.457 e. The van der Waals surface area contributed by atoms with E-state index in [-0.39, 0.29) is 5.91 Å². The van der Waals surface area contributed by atoms with Crippen LogP contribution >= 0.6 is 0 Å². The summed E-state index contributed by atoms with van der Waals surface area (Å²) < 4.78 is 7.37. The fourth-order valence-corrected chi connectivity index (χ4v) is 2.80. The first-order valence-corrected chi connectivity index (χ1v) is 7.87. The van der Waals surface area contributed by atoms with Crippen molar-refractivity contribution in [2.24, 2.45) is 7.05 Å². The zero-order valence-corrected chi connectivity index (χ0v) is 13.9. The number of amides is 1. The van der Waals surface area contributed by atoms with Gasteiger partial charge in [0.2, 0.25) is 5.91 Å². The van der Waals surface area contributed by atoms with Crippen molar-refractivity contribution in [3.05, 3.63) is 60.1 Å². The molecule has 3 heterocycles. The van der Waals surface area contributed by atoms with E-state index in [1.807, 2.05) is 50.4 Å². The Morgan fingerprint density at radius 2 is 2.12 bits per heavy atom. The Labute approximate surface area is 143 Å². The van der Waals surface area contributed by atoms with Crippen molar-refractivity contribution >= 4 is 39.7 Å². The monoisotopic (exact) mass is 332 g/mol. The van der Waals surface area contributed by atoms with E-state index in [9.17, 15) is 4.79 Å². The fraction of sp³-hybridized carbons (Fsp3) is 0.105. The number of aryl methyl sites for hydroxylation is 2. The molecule has 0 bridgehead atoms. The van der Waals surface area contributed by atoms with Crippen LogP contribution in [0.1, 0.15) is 11.5 Å². The lowest BCUT2D eigenvalue weighted by atomic mass is 10.2. The quantitative estimate of drug-likeness (QED) is 0.581. The minimum atomic E-state index is -0.247. The molecule has 25 heavy (non-hydrogen) atoms. The average Bonchev–Trinajstić information content (AvgIpc) is 3.14. The molecular formula is C19H16N4O2. The summed E-state index contributed by atoms with van der Waals surface area (Å²) in [6, 6.07) is 11.5. The summed E-state index contributed by atoms with van der Waals surface area (Å²) in [4.78, 5) is 16.5. The van der Waals surface area contributed by atoms with E-state index in [2.05, 4.69) is 15.4 Å². The van der Waals surface area contributed by atoms with Crippen LogP contribution in [0.4, 0.5) is 5.69 Å². The number of pyridine rings is 1. The molecule has 3 aromatic heterocycles. The number of anilines is 1. The van der Waals surface area contributed by atoms with Gasteiger partial charge < -0.3 is 9.73 Å². The van der Waals surface area contributed by atoms with E-state index in [1.165, 1.54) is 6.08 Å². The third-order valence-electron chi connectivity index (χ3n) is 3.97. The van der Waals surface area contributed by atoms with Crippen LogP contribution in [0, 0.1) is 6.92 Å². The van der Waals surface area contributed by atoms with Crippen LogP contribution < -0.4 is 5.32 Å². The summed E-state index contributed by atoms with van der Waals surface area (Å²) in [5.74, 6) is 0.385. The van der Waals surface area contributed by atoms with Crippen molar-refractivity contribution in [2.45, 2.75) is 6.92 Å². The molecule has 1 N–H and O–H groups in total. The van der Waals surface area contributed by atoms with Crippen LogP contribution in [0.3, 0.4) is 0 Å². The molecule has 0 aliphatic carbocycles. The molecule has 4 aromatic rings. The molecule has 4 rings (SSSR count). The van der Waals surface area contributed by atoms with Gasteiger partial charge in [-0.2, -0.15) is 5.10 Å². The Morgan fingerprint density at radius 3 is 2.96 bits per heavy atom. The minimum Gasteiger partial charge on any atom is -0.457 e. The molecule has 0 radical (unpaired) electrons. The van der Waals surface area contributed by atoms with Gasteiger partial charge in [-0.05, 0) is 31.2 Å². The highest BCUT2D eigenvalue weighted by Gasteiger charge is 2.08. The Hall–Kier alpha value is -3.41. The van der Waals surface area contributed by atoms with Crippen LogP contribution in [-0.4, -0.2) is 20.7 Å². The molecule has 0 unspecified atom stereocenters. The standard InChI is InChI=1S/C19H16N4O2/c1-12-16-10-14(11-20-19(16)23(2)22-12)21-18(24)8-7-15-9-13-5-3-4-6-17(13)25-15/h3-11H,1-2H3,(H,21,24)/b8-7+. The van der Waals surface area contributed by atoms with Crippen LogP contribution in [0.25, 0.3) is 28.1 Å². The van der Waals surface area contributed by atoms with Gasteiger partial charge >= 0.3 is 0 Å². The summed E-state index contributed by atoms with van der Waals surface area (Å²) in [6.45, 7) is 1.91. The van der Waals surface area contributed by atoms with E-state index in [1.54, 1.807) is 17.0 Å². The highest BCUT2D eigenvalue weighted by Crippen LogP contribution is 2.21. The molecule has 0 aliphatic rings. The van der Waals surface area contributed by atoms with Crippen molar-refractivity contribution in [1.82, 2.24) is 14.8 Å². The maximum Gasteiger partial charge on any atom is 0.248 e. The number of fused-ring (bicyclic) bond motifs is 2. The average molecular weight is 332 g/mol. The van der Waals surface area contributed by atoms with E-state index in [4.69, 9.17) is 4.42 Å². The van der Waals surface area contributed by atoms with Gasteiger partial charge in [0.25, 0.3) is 0 Å². The minimum absolute atomic E-state index is 0.247. The Balaban J connectivity index is 1.52. The third kappa shape index (κ3) is 2.89. The molecule has 0 saturated heterocycles. The predicted octanol–water partition coefficient (Wildman–Crippen LogP) is 3.67. The first-order chi connectivity index (χ1) is 12.1. The maximum atomic E-state index is 12.1. The van der Waals surface area contributed by atoms with Gasteiger partial charge in [-0.1, -0.05) is 18.2 Å². The molecule has 0 spiro atoms. The number of hydrogen-bond donors (Lipinski definition) is 1. The van der Waals surface area contributed by atoms with Crippen LogP contribution in [0.5, 0.6) is 0 Å². The summed E-state index contributed by atoms with van der Waals surface area (Å²) in [6.07, 6.45) is 4.71. The molecular weight excluding hydrogens is 316 g/mol. The molecule has 0 atom stereocenters. The summed E-state index contributed by atoms with van der Waals surface area (Å²) >= 11 is 0. The second kappa shape index (κ2) is 5.90. The molecule has 124 valence electrons. The number of nitrogens with one attached hydrogen (secondary N) is 1. The molecule has 0 fully saturated rings.